The Morgan fingerprint density at radius 3 is 2.44 bits per heavy atom. The summed E-state index contributed by atoms with van der Waals surface area (Å²) in [5.74, 6) is 0. The van der Waals surface area contributed by atoms with Crippen LogP contribution in [0.4, 0.5) is 0 Å². The van der Waals surface area contributed by atoms with Gasteiger partial charge in [0, 0.05) is 12.6 Å². The van der Waals surface area contributed by atoms with Gasteiger partial charge in [-0.2, -0.15) is 0 Å². The molecule has 0 spiro atoms. The van der Waals surface area contributed by atoms with E-state index in [1.807, 2.05) is 31.2 Å². The zero-order valence-electron chi connectivity index (χ0n) is 9.15. The second-order valence-electron chi connectivity index (χ2n) is 3.75. The molecule has 0 atom stereocenters. The predicted octanol–water partition coefficient (Wildman–Crippen LogP) is 1.50. The van der Waals surface area contributed by atoms with Crippen LogP contribution in [0, 0.1) is 6.92 Å². The number of carbonyl (C=O) groups is 1. The first kappa shape index (κ1) is 10.4. The number of rotatable bonds is 2. The highest BCUT2D eigenvalue weighted by Crippen LogP contribution is 2.18. The molecule has 0 saturated heterocycles. The monoisotopic (exact) mass is 216 g/mol. The normalized spacial score (nSPS) is 10.4. The molecule has 0 fully saturated rings. The summed E-state index contributed by atoms with van der Waals surface area (Å²) in [4.78, 5) is 22.4. The summed E-state index contributed by atoms with van der Waals surface area (Å²) in [7, 11) is 1.59. The number of hydrogen-bond acceptors (Lipinski definition) is 2. The van der Waals surface area contributed by atoms with Crippen LogP contribution in [0.15, 0.2) is 29.1 Å². The van der Waals surface area contributed by atoms with Crippen LogP contribution in [0.5, 0.6) is 0 Å². The van der Waals surface area contributed by atoms with Gasteiger partial charge in [-0.3, -0.25) is 19.4 Å². The van der Waals surface area contributed by atoms with Crippen molar-refractivity contribution in [1.82, 2.24) is 9.78 Å². The summed E-state index contributed by atoms with van der Waals surface area (Å²) in [6.45, 7) is 1.98. The van der Waals surface area contributed by atoms with Gasteiger partial charge in [0.15, 0.2) is 6.29 Å². The van der Waals surface area contributed by atoms with Crippen molar-refractivity contribution in [2.75, 3.05) is 0 Å². The average Bonchev–Trinajstić information content (AvgIpc) is 2.56. The van der Waals surface area contributed by atoms with Gasteiger partial charge in [-0.05, 0) is 6.92 Å². The first-order valence-electron chi connectivity index (χ1n) is 4.94. The highest BCUT2D eigenvalue weighted by atomic mass is 16.1. The summed E-state index contributed by atoms with van der Waals surface area (Å²) in [5.41, 5.74) is 2.42. The Morgan fingerprint density at radius 2 is 1.88 bits per heavy atom. The van der Waals surface area contributed by atoms with E-state index in [0.29, 0.717) is 12.0 Å². The molecule has 0 aliphatic carbocycles. The van der Waals surface area contributed by atoms with Crippen molar-refractivity contribution in [3.63, 3.8) is 0 Å². The molecule has 82 valence electrons. The molecule has 1 heterocycles. The second kappa shape index (κ2) is 3.81. The maximum absolute atomic E-state index is 11.6. The highest BCUT2D eigenvalue weighted by Gasteiger charge is 2.12. The van der Waals surface area contributed by atoms with Crippen molar-refractivity contribution in [3.8, 4) is 11.3 Å². The van der Waals surface area contributed by atoms with Crippen LogP contribution in [-0.2, 0) is 7.05 Å². The minimum atomic E-state index is -0.300. The van der Waals surface area contributed by atoms with E-state index in [0.717, 1.165) is 11.1 Å². The summed E-state index contributed by atoms with van der Waals surface area (Å²) in [5, 5.41) is 2.87. The lowest BCUT2D eigenvalue weighted by atomic mass is 10.1. The third-order valence-corrected chi connectivity index (χ3v) is 2.54. The van der Waals surface area contributed by atoms with Crippen LogP contribution in [0.3, 0.4) is 0 Å². The number of aryl methyl sites for hydroxylation is 2. The van der Waals surface area contributed by atoms with Gasteiger partial charge in [-0.1, -0.05) is 29.8 Å². The number of aldehydes is 1. The average molecular weight is 216 g/mol. The molecule has 1 aromatic carbocycles. The Balaban J connectivity index is 2.64. The molecule has 0 amide bonds. The molecule has 0 bridgehead atoms. The summed E-state index contributed by atoms with van der Waals surface area (Å²) >= 11 is 0. The molecule has 0 saturated carbocycles. The molecular weight excluding hydrogens is 204 g/mol. The van der Waals surface area contributed by atoms with Crippen molar-refractivity contribution >= 4 is 6.29 Å². The summed E-state index contributed by atoms with van der Waals surface area (Å²) < 4.78 is 1.30. The fourth-order valence-corrected chi connectivity index (χ4v) is 1.62. The smallest absolute Gasteiger partial charge is 0.277 e. The first-order chi connectivity index (χ1) is 7.63. The Morgan fingerprint density at radius 1 is 1.25 bits per heavy atom. The minimum Gasteiger partial charge on any atom is -0.298 e. The lowest BCUT2D eigenvalue weighted by Crippen LogP contribution is -2.14. The number of aromatic amines is 1. The third-order valence-electron chi connectivity index (χ3n) is 2.54. The van der Waals surface area contributed by atoms with Crippen molar-refractivity contribution in [2.45, 2.75) is 6.92 Å². The Labute approximate surface area is 92.5 Å². The molecule has 16 heavy (non-hydrogen) atoms. The largest absolute Gasteiger partial charge is 0.298 e. The van der Waals surface area contributed by atoms with Gasteiger partial charge in [-0.25, -0.2) is 0 Å². The Hall–Kier alpha value is -2.10. The topological polar surface area (TPSA) is 54.9 Å². The third kappa shape index (κ3) is 1.58. The van der Waals surface area contributed by atoms with Crippen LogP contribution >= 0.6 is 0 Å². The fraction of sp³-hybridized carbons (Fsp3) is 0.167. The van der Waals surface area contributed by atoms with Crippen molar-refractivity contribution in [1.29, 1.82) is 0 Å². The molecule has 0 radical (unpaired) electrons. The number of nitrogens with zero attached hydrogens (tertiary/aromatic N) is 1. The molecular formula is C12H12N2O2. The van der Waals surface area contributed by atoms with Crippen LogP contribution in [0.2, 0.25) is 0 Å². The lowest BCUT2D eigenvalue weighted by molar-refractivity contribution is 0.112. The number of benzene rings is 1. The van der Waals surface area contributed by atoms with Crippen LogP contribution < -0.4 is 5.56 Å². The lowest BCUT2D eigenvalue weighted by Gasteiger charge is -1.99. The molecule has 0 aliphatic rings. The van der Waals surface area contributed by atoms with E-state index in [1.54, 1.807) is 7.05 Å². The Bertz CT molecular complexity index is 576. The van der Waals surface area contributed by atoms with Crippen molar-refractivity contribution < 1.29 is 4.79 Å². The molecule has 4 nitrogen and oxygen atoms in total. The summed E-state index contributed by atoms with van der Waals surface area (Å²) in [6, 6.07) is 7.64. The molecule has 1 aromatic heterocycles. The Kier molecular flexibility index (Phi) is 2.48. The van der Waals surface area contributed by atoms with Gasteiger partial charge in [0.05, 0.1) is 5.69 Å². The zero-order valence-corrected chi connectivity index (χ0v) is 9.15. The van der Waals surface area contributed by atoms with Gasteiger partial charge in [0.2, 0.25) is 0 Å². The van der Waals surface area contributed by atoms with Crippen LogP contribution in [0.1, 0.15) is 15.9 Å². The van der Waals surface area contributed by atoms with E-state index in [2.05, 4.69) is 5.10 Å². The zero-order chi connectivity index (χ0) is 11.7. The quantitative estimate of drug-likeness (QED) is 0.773. The van der Waals surface area contributed by atoms with Gasteiger partial charge in [0.25, 0.3) is 5.56 Å². The van der Waals surface area contributed by atoms with Crippen molar-refractivity contribution in [3.05, 3.63) is 45.7 Å². The van der Waals surface area contributed by atoms with Crippen LogP contribution in [0.25, 0.3) is 11.3 Å². The fourth-order valence-electron chi connectivity index (χ4n) is 1.62. The highest BCUT2D eigenvalue weighted by molar-refractivity contribution is 5.85. The minimum absolute atomic E-state index is 0.173. The van der Waals surface area contributed by atoms with E-state index < -0.39 is 0 Å². The molecule has 4 heteroatoms. The standard InChI is InChI=1S/C12H12N2O2/c1-8-3-5-9(6-4-8)11-10(7-15)12(16)14(2)13-11/h3-7,13H,1-2H3. The first-order valence-corrected chi connectivity index (χ1v) is 4.94. The van der Waals surface area contributed by atoms with E-state index in [9.17, 15) is 9.59 Å². The predicted molar refractivity (Wildman–Crippen MR) is 61.6 cm³/mol. The van der Waals surface area contributed by atoms with Crippen molar-refractivity contribution in [2.24, 2.45) is 7.05 Å². The number of aromatic nitrogens is 2. The molecule has 2 rings (SSSR count). The summed E-state index contributed by atoms with van der Waals surface area (Å²) in [6.07, 6.45) is 0.591. The maximum atomic E-state index is 11.6. The number of carbonyl (C=O) groups excluding carboxylic acids is 1. The maximum Gasteiger partial charge on any atom is 0.277 e. The van der Waals surface area contributed by atoms with Gasteiger partial charge >= 0.3 is 0 Å². The second-order valence-corrected chi connectivity index (χ2v) is 3.75. The van der Waals surface area contributed by atoms with E-state index >= 15 is 0 Å². The number of hydrogen-bond donors (Lipinski definition) is 1. The van der Waals surface area contributed by atoms with E-state index in [4.69, 9.17) is 0 Å². The van der Waals surface area contributed by atoms with E-state index in [-0.39, 0.29) is 11.1 Å². The number of H-pyrrole nitrogens is 1. The molecule has 0 aliphatic heterocycles. The molecule has 1 N–H and O–H groups in total. The SMILES string of the molecule is Cc1ccc(-c2[nH]n(C)c(=O)c2C=O)cc1. The van der Waals surface area contributed by atoms with E-state index in [1.165, 1.54) is 4.68 Å². The van der Waals surface area contributed by atoms with Gasteiger partial charge < -0.3 is 0 Å². The number of nitrogens with one attached hydrogen (secondary N) is 1. The van der Waals surface area contributed by atoms with Gasteiger partial charge in [-0.15, -0.1) is 0 Å². The van der Waals surface area contributed by atoms with Crippen LogP contribution in [-0.4, -0.2) is 16.1 Å². The molecule has 0 unspecified atom stereocenters. The molecule has 2 aromatic rings. The van der Waals surface area contributed by atoms with Gasteiger partial charge in [0.1, 0.15) is 5.56 Å².